The molecule has 1 amide bonds. The van der Waals surface area contributed by atoms with E-state index >= 15 is 0 Å². The van der Waals surface area contributed by atoms with Crippen molar-refractivity contribution in [3.63, 3.8) is 0 Å². The van der Waals surface area contributed by atoms with E-state index in [2.05, 4.69) is 6.92 Å². The predicted molar refractivity (Wildman–Crippen MR) is 63.2 cm³/mol. The molecule has 81 valence electrons. The van der Waals surface area contributed by atoms with Crippen molar-refractivity contribution < 1.29 is 4.79 Å². The Morgan fingerprint density at radius 3 is 2.69 bits per heavy atom. The Morgan fingerprint density at radius 2 is 2.19 bits per heavy atom. The van der Waals surface area contributed by atoms with Crippen molar-refractivity contribution in [2.45, 2.75) is 0 Å². The Kier molecular flexibility index (Phi) is 3.84. The third kappa shape index (κ3) is 2.96. The second-order valence-corrected chi connectivity index (χ2v) is 3.61. The monoisotopic (exact) mass is 213 g/mol. The lowest BCUT2D eigenvalue weighted by molar-refractivity contribution is -0.124. The summed E-state index contributed by atoms with van der Waals surface area (Å²) in [5, 5.41) is 8.89. The van der Waals surface area contributed by atoms with Crippen LogP contribution in [0.15, 0.2) is 29.8 Å². The number of amides is 1. The molecule has 0 bridgehead atoms. The number of hydrogen-bond donors (Lipinski definition) is 0. The third-order valence-electron chi connectivity index (χ3n) is 2.02. The summed E-state index contributed by atoms with van der Waals surface area (Å²) in [4.78, 5) is 13.0. The van der Waals surface area contributed by atoms with Crippen molar-refractivity contribution in [2.75, 3.05) is 14.1 Å². The summed E-state index contributed by atoms with van der Waals surface area (Å²) in [7, 11) is 3.23. The minimum atomic E-state index is -0.294. The number of nitrogens with zero attached hydrogens (tertiary/aromatic N) is 2. The predicted octanol–water partition coefficient (Wildman–Crippen LogP) is 1.86. The Balaban J connectivity index is 3.07. The molecule has 0 aliphatic heterocycles. The molecule has 1 aromatic rings. The molecule has 0 unspecified atom stereocenters. The zero-order valence-corrected chi connectivity index (χ0v) is 9.40. The fourth-order valence-electron chi connectivity index (χ4n) is 1.23. The van der Waals surface area contributed by atoms with Crippen LogP contribution >= 0.6 is 0 Å². The fourth-order valence-corrected chi connectivity index (χ4v) is 1.23. The van der Waals surface area contributed by atoms with Gasteiger partial charge in [0.25, 0.3) is 5.91 Å². The van der Waals surface area contributed by atoms with Crippen molar-refractivity contribution in [3.05, 3.63) is 47.9 Å². The average Bonchev–Trinajstić information content (AvgIpc) is 2.25. The summed E-state index contributed by atoms with van der Waals surface area (Å²) >= 11 is 0. The molecule has 3 heteroatoms. The van der Waals surface area contributed by atoms with Crippen LogP contribution in [0.2, 0.25) is 0 Å². The highest BCUT2D eigenvalue weighted by molar-refractivity contribution is 6.01. The second kappa shape index (κ2) is 5.13. The average molecular weight is 213 g/mol. The SMILES string of the molecule is [CH2]c1cccc(C=C(C#N)C(=O)N(C)C)c1. The van der Waals surface area contributed by atoms with Gasteiger partial charge >= 0.3 is 0 Å². The molecule has 0 saturated carbocycles. The van der Waals surface area contributed by atoms with Gasteiger partial charge in [-0.05, 0) is 24.1 Å². The molecule has 3 nitrogen and oxygen atoms in total. The van der Waals surface area contributed by atoms with Crippen LogP contribution in [-0.2, 0) is 4.79 Å². The maximum atomic E-state index is 11.6. The van der Waals surface area contributed by atoms with Gasteiger partial charge in [-0.25, -0.2) is 0 Å². The van der Waals surface area contributed by atoms with Gasteiger partial charge in [0.2, 0.25) is 0 Å². The van der Waals surface area contributed by atoms with Gasteiger partial charge in [-0.1, -0.05) is 24.3 Å². The van der Waals surface area contributed by atoms with E-state index in [1.807, 2.05) is 30.3 Å². The first-order valence-electron chi connectivity index (χ1n) is 4.80. The van der Waals surface area contributed by atoms with Crippen LogP contribution in [0.25, 0.3) is 6.08 Å². The number of benzene rings is 1. The van der Waals surface area contributed by atoms with Crippen LogP contribution in [0.4, 0.5) is 0 Å². The molecule has 1 aromatic carbocycles. The molecule has 0 aromatic heterocycles. The molecule has 0 aliphatic rings. The van der Waals surface area contributed by atoms with E-state index in [9.17, 15) is 4.79 Å². The number of rotatable bonds is 2. The first-order valence-corrected chi connectivity index (χ1v) is 4.80. The first kappa shape index (κ1) is 12.0. The van der Waals surface area contributed by atoms with E-state index in [0.29, 0.717) is 0 Å². The maximum absolute atomic E-state index is 11.6. The summed E-state index contributed by atoms with van der Waals surface area (Å²) in [5.41, 5.74) is 1.78. The van der Waals surface area contributed by atoms with Gasteiger partial charge in [-0.15, -0.1) is 0 Å². The topological polar surface area (TPSA) is 44.1 Å². The van der Waals surface area contributed by atoms with Crippen molar-refractivity contribution in [2.24, 2.45) is 0 Å². The lowest BCUT2D eigenvalue weighted by atomic mass is 10.1. The highest BCUT2D eigenvalue weighted by Crippen LogP contribution is 2.10. The molecular weight excluding hydrogens is 200 g/mol. The molecule has 0 N–H and O–H groups in total. The summed E-state index contributed by atoms with van der Waals surface area (Å²) in [5.74, 6) is -0.294. The summed E-state index contributed by atoms with van der Waals surface area (Å²) in [6.45, 7) is 3.79. The summed E-state index contributed by atoms with van der Waals surface area (Å²) in [6, 6.07) is 9.24. The Morgan fingerprint density at radius 1 is 1.50 bits per heavy atom. The largest absolute Gasteiger partial charge is 0.344 e. The van der Waals surface area contributed by atoms with Crippen molar-refractivity contribution in [1.29, 1.82) is 5.26 Å². The quantitative estimate of drug-likeness (QED) is 0.556. The molecule has 1 radical (unpaired) electrons. The van der Waals surface area contributed by atoms with Gasteiger partial charge in [0.05, 0.1) is 0 Å². The highest BCUT2D eigenvalue weighted by atomic mass is 16.2. The second-order valence-electron chi connectivity index (χ2n) is 3.61. The number of hydrogen-bond acceptors (Lipinski definition) is 2. The normalized spacial score (nSPS) is 10.8. The van der Waals surface area contributed by atoms with Gasteiger partial charge in [-0.2, -0.15) is 5.26 Å². The van der Waals surface area contributed by atoms with Crippen LogP contribution in [0.1, 0.15) is 11.1 Å². The summed E-state index contributed by atoms with van der Waals surface area (Å²) < 4.78 is 0. The van der Waals surface area contributed by atoms with Crippen LogP contribution in [0.5, 0.6) is 0 Å². The van der Waals surface area contributed by atoms with Crippen LogP contribution in [0, 0.1) is 18.3 Å². The van der Waals surface area contributed by atoms with E-state index in [1.54, 1.807) is 20.2 Å². The van der Waals surface area contributed by atoms with Crippen molar-refractivity contribution in [3.8, 4) is 6.07 Å². The molecule has 0 heterocycles. The number of nitriles is 1. The van der Waals surface area contributed by atoms with E-state index in [4.69, 9.17) is 5.26 Å². The Labute approximate surface area is 95.6 Å². The minimum absolute atomic E-state index is 0.121. The van der Waals surface area contributed by atoms with E-state index in [1.165, 1.54) is 4.90 Å². The fraction of sp³-hybridized carbons (Fsp3) is 0.154. The third-order valence-corrected chi connectivity index (χ3v) is 2.02. The maximum Gasteiger partial charge on any atom is 0.264 e. The molecule has 0 atom stereocenters. The van der Waals surface area contributed by atoms with Gasteiger partial charge in [0.1, 0.15) is 11.6 Å². The molecule has 16 heavy (non-hydrogen) atoms. The van der Waals surface area contributed by atoms with Crippen LogP contribution < -0.4 is 0 Å². The van der Waals surface area contributed by atoms with Crippen LogP contribution in [0.3, 0.4) is 0 Å². The molecule has 0 spiro atoms. The van der Waals surface area contributed by atoms with E-state index < -0.39 is 0 Å². The van der Waals surface area contributed by atoms with E-state index in [0.717, 1.165) is 11.1 Å². The Bertz CT molecular complexity index is 467. The molecule has 0 saturated heterocycles. The molecule has 1 rings (SSSR count). The van der Waals surface area contributed by atoms with Crippen molar-refractivity contribution in [1.82, 2.24) is 4.90 Å². The number of carbonyl (C=O) groups excluding carboxylic acids is 1. The van der Waals surface area contributed by atoms with Gasteiger partial charge in [-0.3, -0.25) is 4.79 Å². The van der Waals surface area contributed by atoms with Gasteiger partial charge in [0.15, 0.2) is 0 Å². The zero-order chi connectivity index (χ0) is 12.1. The lowest BCUT2D eigenvalue weighted by Crippen LogP contribution is -2.22. The minimum Gasteiger partial charge on any atom is -0.344 e. The molecule has 0 fully saturated rings. The smallest absolute Gasteiger partial charge is 0.264 e. The highest BCUT2D eigenvalue weighted by Gasteiger charge is 2.10. The lowest BCUT2D eigenvalue weighted by Gasteiger charge is -2.08. The van der Waals surface area contributed by atoms with E-state index in [-0.39, 0.29) is 11.5 Å². The summed E-state index contributed by atoms with van der Waals surface area (Å²) in [6.07, 6.45) is 1.57. The molecular formula is C13H13N2O. The molecule has 0 aliphatic carbocycles. The Hall–Kier alpha value is -2.08. The van der Waals surface area contributed by atoms with Gasteiger partial charge in [0, 0.05) is 14.1 Å². The number of carbonyl (C=O) groups is 1. The number of likely N-dealkylation sites (N-methyl/N-ethyl adjacent to an activating group) is 1. The first-order chi connectivity index (χ1) is 7.54. The standard InChI is InChI=1S/C13H13N2O/c1-10-5-4-6-11(7-10)8-12(9-14)13(16)15(2)3/h4-8H,1H2,2-3H3. The zero-order valence-electron chi connectivity index (χ0n) is 9.40. The van der Waals surface area contributed by atoms with Crippen molar-refractivity contribution >= 4 is 12.0 Å². The van der Waals surface area contributed by atoms with Gasteiger partial charge < -0.3 is 4.90 Å². The van der Waals surface area contributed by atoms with Crippen LogP contribution in [-0.4, -0.2) is 24.9 Å².